The van der Waals surface area contributed by atoms with Crippen molar-refractivity contribution in [2.24, 2.45) is 5.73 Å². The fraction of sp³-hybridized carbons (Fsp3) is 0.333. The minimum Gasteiger partial charge on any atom is -0.371 e. The van der Waals surface area contributed by atoms with Crippen LogP contribution in [0.5, 0.6) is 0 Å². The summed E-state index contributed by atoms with van der Waals surface area (Å²) in [6, 6.07) is 16.6. The van der Waals surface area contributed by atoms with Gasteiger partial charge in [0.05, 0.1) is 0 Å². The second-order valence-corrected chi connectivity index (χ2v) is 6.10. The maximum absolute atomic E-state index is 6.31. The molecule has 21 heavy (non-hydrogen) atoms. The average molecular weight is 301 g/mol. The quantitative estimate of drug-likeness (QED) is 0.917. The van der Waals surface area contributed by atoms with E-state index in [2.05, 4.69) is 29.2 Å². The summed E-state index contributed by atoms with van der Waals surface area (Å²) in [6.07, 6.45) is 3.37. The predicted molar refractivity (Wildman–Crippen MR) is 90.0 cm³/mol. The largest absolute Gasteiger partial charge is 0.371 e. The van der Waals surface area contributed by atoms with Gasteiger partial charge in [0, 0.05) is 29.8 Å². The van der Waals surface area contributed by atoms with Crippen LogP contribution in [-0.4, -0.2) is 13.1 Å². The van der Waals surface area contributed by atoms with Crippen LogP contribution in [0, 0.1) is 0 Å². The molecule has 1 aliphatic heterocycles. The van der Waals surface area contributed by atoms with E-state index in [0.717, 1.165) is 30.1 Å². The van der Waals surface area contributed by atoms with Crippen molar-refractivity contribution in [3.05, 3.63) is 64.7 Å². The van der Waals surface area contributed by atoms with Crippen molar-refractivity contribution >= 4 is 17.3 Å². The third kappa shape index (κ3) is 3.39. The summed E-state index contributed by atoms with van der Waals surface area (Å²) in [6.45, 7) is 2.13. The predicted octanol–water partition coefficient (Wildman–Crippen LogP) is 4.18. The second-order valence-electron chi connectivity index (χ2n) is 5.67. The SMILES string of the molecule is NC(CCN1CCCc2ccccc21)c1ccc(Cl)cc1. The average Bonchev–Trinajstić information content (AvgIpc) is 2.53. The van der Waals surface area contributed by atoms with Gasteiger partial charge in [-0.1, -0.05) is 41.9 Å². The number of halogens is 1. The molecule has 1 unspecified atom stereocenters. The van der Waals surface area contributed by atoms with Gasteiger partial charge in [-0.25, -0.2) is 0 Å². The fourth-order valence-corrected chi connectivity index (χ4v) is 3.14. The molecule has 0 fully saturated rings. The van der Waals surface area contributed by atoms with E-state index in [1.54, 1.807) is 0 Å². The highest BCUT2D eigenvalue weighted by Crippen LogP contribution is 2.27. The zero-order valence-corrected chi connectivity index (χ0v) is 12.9. The monoisotopic (exact) mass is 300 g/mol. The summed E-state index contributed by atoms with van der Waals surface area (Å²) in [5.74, 6) is 0. The van der Waals surface area contributed by atoms with Crippen LogP contribution in [0.15, 0.2) is 48.5 Å². The molecular weight excluding hydrogens is 280 g/mol. The van der Waals surface area contributed by atoms with Crippen molar-refractivity contribution in [3.63, 3.8) is 0 Å². The molecule has 0 aromatic heterocycles. The molecule has 3 heteroatoms. The molecule has 0 aliphatic carbocycles. The van der Waals surface area contributed by atoms with Gasteiger partial charge < -0.3 is 10.6 Å². The third-order valence-corrected chi connectivity index (χ3v) is 4.47. The molecule has 1 heterocycles. The minimum absolute atomic E-state index is 0.0661. The van der Waals surface area contributed by atoms with Gasteiger partial charge in [0.25, 0.3) is 0 Å². The summed E-state index contributed by atoms with van der Waals surface area (Å²) < 4.78 is 0. The second kappa shape index (κ2) is 6.50. The van der Waals surface area contributed by atoms with Crippen LogP contribution in [0.25, 0.3) is 0 Å². The molecule has 0 bridgehead atoms. The van der Waals surface area contributed by atoms with Gasteiger partial charge >= 0.3 is 0 Å². The molecule has 2 aromatic rings. The highest BCUT2D eigenvalue weighted by Gasteiger charge is 2.17. The number of hydrogen-bond donors (Lipinski definition) is 1. The summed E-state index contributed by atoms with van der Waals surface area (Å²) in [7, 11) is 0. The molecule has 110 valence electrons. The van der Waals surface area contributed by atoms with Crippen molar-refractivity contribution < 1.29 is 0 Å². The standard InChI is InChI=1S/C18H21ClN2/c19-16-9-7-14(8-10-16)17(20)11-13-21-12-3-5-15-4-1-2-6-18(15)21/h1-2,4,6-10,17H,3,5,11-13,20H2. The van der Waals surface area contributed by atoms with Gasteiger partial charge in [-0.15, -0.1) is 0 Å². The Morgan fingerprint density at radius 1 is 1.10 bits per heavy atom. The first-order chi connectivity index (χ1) is 10.2. The lowest BCUT2D eigenvalue weighted by Crippen LogP contribution is -2.32. The molecule has 2 nitrogen and oxygen atoms in total. The molecule has 0 radical (unpaired) electrons. The molecular formula is C18H21ClN2. The van der Waals surface area contributed by atoms with Gasteiger partial charge in [0.2, 0.25) is 0 Å². The van der Waals surface area contributed by atoms with Crippen LogP contribution in [0.2, 0.25) is 5.02 Å². The van der Waals surface area contributed by atoms with Crippen molar-refractivity contribution in [1.29, 1.82) is 0 Å². The van der Waals surface area contributed by atoms with Crippen LogP contribution < -0.4 is 10.6 Å². The van der Waals surface area contributed by atoms with Gasteiger partial charge in [-0.2, -0.15) is 0 Å². The molecule has 0 spiro atoms. The zero-order chi connectivity index (χ0) is 14.7. The van der Waals surface area contributed by atoms with E-state index in [9.17, 15) is 0 Å². The lowest BCUT2D eigenvalue weighted by molar-refractivity contribution is 0.603. The van der Waals surface area contributed by atoms with E-state index in [-0.39, 0.29) is 6.04 Å². The van der Waals surface area contributed by atoms with E-state index in [4.69, 9.17) is 17.3 Å². The molecule has 0 saturated heterocycles. The van der Waals surface area contributed by atoms with E-state index in [0.29, 0.717) is 0 Å². The molecule has 0 amide bonds. The van der Waals surface area contributed by atoms with Gasteiger partial charge in [0.1, 0.15) is 0 Å². The molecule has 3 rings (SSSR count). The van der Waals surface area contributed by atoms with Gasteiger partial charge in [0.15, 0.2) is 0 Å². The van der Waals surface area contributed by atoms with E-state index in [1.165, 1.54) is 24.1 Å². The number of aryl methyl sites for hydroxylation is 1. The number of hydrogen-bond acceptors (Lipinski definition) is 2. The number of para-hydroxylation sites is 1. The number of nitrogens with two attached hydrogens (primary N) is 1. The Balaban J connectivity index is 1.64. The van der Waals surface area contributed by atoms with E-state index in [1.807, 2.05) is 24.3 Å². The number of nitrogens with zero attached hydrogens (tertiary/aromatic N) is 1. The van der Waals surface area contributed by atoms with Crippen LogP contribution in [0.1, 0.15) is 30.0 Å². The lowest BCUT2D eigenvalue weighted by Gasteiger charge is -2.32. The smallest absolute Gasteiger partial charge is 0.0406 e. The van der Waals surface area contributed by atoms with Crippen molar-refractivity contribution in [2.75, 3.05) is 18.0 Å². The molecule has 1 aliphatic rings. The Bertz CT molecular complexity index is 594. The number of fused-ring (bicyclic) bond motifs is 1. The lowest BCUT2D eigenvalue weighted by atomic mass is 10.00. The highest BCUT2D eigenvalue weighted by molar-refractivity contribution is 6.30. The topological polar surface area (TPSA) is 29.3 Å². The van der Waals surface area contributed by atoms with E-state index < -0.39 is 0 Å². The van der Waals surface area contributed by atoms with Crippen LogP contribution in [0.3, 0.4) is 0 Å². The Hall–Kier alpha value is -1.51. The Morgan fingerprint density at radius 3 is 2.67 bits per heavy atom. The number of anilines is 1. The zero-order valence-electron chi connectivity index (χ0n) is 12.1. The maximum Gasteiger partial charge on any atom is 0.0406 e. The summed E-state index contributed by atoms with van der Waals surface area (Å²) in [5.41, 5.74) is 10.3. The van der Waals surface area contributed by atoms with Crippen LogP contribution in [-0.2, 0) is 6.42 Å². The third-order valence-electron chi connectivity index (χ3n) is 4.21. The van der Waals surface area contributed by atoms with Crippen molar-refractivity contribution in [3.8, 4) is 0 Å². The number of benzene rings is 2. The summed E-state index contributed by atoms with van der Waals surface area (Å²) >= 11 is 5.92. The normalized spacial score (nSPS) is 15.6. The Morgan fingerprint density at radius 2 is 1.86 bits per heavy atom. The molecule has 2 aromatic carbocycles. The fourth-order valence-electron chi connectivity index (χ4n) is 3.02. The van der Waals surface area contributed by atoms with Gasteiger partial charge in [-0.3, -0.25) is 0 Å². The Labute approximate surface area is 131 Å². The summed E-state index contributed by atoms with van der Waals surface area (Å²) in [4.78, 5) is 2.47. The van der Waals surface area contributed by atoms with E-state index >= 15 is 0 Å². The number of rotatable bonds is 4. The minimum atomic E-state index is 0.0661. The molecule has 2 N–H and O–H groups in total. The molecule has 1 atom stereocenters. The van der Waals surface area contributed by atoms with Crippen molar-refractivity contribution in [1.82, 2.24) is 0 Å². The first-order valence-electron chi connectivity index (χ1n) is 7.58. The molecule has 0 saturated carbocycles. The van der Waals surface area contributed by atoms with Crippen LogP contribution in [0.4, 0.5) is 5.69 Å². The van der Waals surface area contributed by atoms with Gasteiger partial charge in [-0.05, 0) is 48.6 Å². The van der Waals surface area contributed by atoms with Crippen LogP contribution >= 0.6 is 11.6 Å². The maximum atomic E-state index is 6.31. The first-order valence-corrected chi connectivity index (χ1v) is 7.96. The highest BCUT2D eigenvalue weighted by atomic mass is 35.5. The Kier molecular flexibility index (Phi) is 4.47. The first kappa shape index (κ1) is 14.4. The van der Waals surface area contributed by atoms with Crippen molar-refractivity contribution in [2.45, 2.75) is 25.3 Å². The summed E-state index contributed by atoms with van der Waals surface area (Å²) in [5, 5.41) is 0.760.